The first-order valence-electron chi connectivity index (χ1n) is 8.49. The summed E-state index contributed by atoms with van der Waals surface area (Å²) in [6.45, 7) is 5.79. The molecule has 0 aliphatic rings. The van der Waals surface area contributed by atoms with Crippen molar-refractivity contribution in [3.63, 3.8) is 0 Å². The van der Waals surface area contributed by atoms with E-state index < -0.39 is 16.1 Å². The highest BCUT2D eigenvalue weighted by Crippen LogP contribution is 2.37. The summed E-state index contributed by atoms with van der Waals surface area (Å²) in [7, 11) is -3.21. The molecule has 7 nitrogen and oxygen atoms in total. The minimum atomic E-state index is -3.21. The molecular weight excluding hydrogens is 384 g/mol. The van der Waals surface area contributed by atoms with Crippen molar-refractivity contribution in [1.29, 1.82) is 0 Å². The van der Waals surface area contributed by atoms with Crippen molar-refractivity contribution in [1.82, 2.24) is 15.5 Å². The number of thiophene rings is 1. The van der Waals surface area contributed by atoms with Gasteiger partial charge in [-0.15, -0.1) is 16.4 Å². The highest BCUT2D eigenvalue weighted by Gasteiger charge is 2.20. The molecular formula is C18H22N4O3S2. The van der Waals surface area contributed by atoms with Gasteiger partial charge in [-0.1, -0.05) is 19.1 Å². The SMILES string of the molecule is CCS(=O)(=O)c1ccc(CNC(O)c2sc3nnc(C)c(C)c3c2N)cc1. The smallest absolute Gasteiger partial charge is 0.178 e. The van der Waals surface area contributed by atoms with E-state index in [4.69, 9.17) is 5.73 Å². The number of aryl methyl sites for hydroxylation is 2. The van der Waals surface area contributed by atoms with Crippen molar-refractivity contribution in [2.45, 2.75) is 38.4 Å². The van der Waals surface area contributed by atoms with Crippen LogP contribution in [0.5, 0.6) is 0 Å². The van der Waals surface area contributed by atoms with Crippen LogP contribution in [0.2, 0.25) is 0 Å². The number of nitrogens with two attached hydrogens (primary N) is 1. The number of anilines is 1. The summed E-state index contributed by atoms with van der Waals surface area (Å²) in [5.41, 5.74) is 9.37. The number of aromatic nitrogens is 2. The Morgan fingerprint density at radius 3 is 2.52 bits per heavy atom. The highest BCUT2D eigenvalue weighted by atomic mass is 32.2. The van der Waals surface area contributed by atoms with Crippen LogP contribution in [-0.2, 0) is 16.4 Å². The maximum Gasteiger partial charge on any atom is 0.178 e. The Labute approximate surface area is 162 Å². The lowest BCUT2D eigenvalue weighted by Crippen LogP contribution is -2.20. The van der Waals surface area contributed by atoms with Gasteiger partial charge < -0.3 is 10.8 Å². The zero-order chi connectivity index (χ0) is 19.8. The Hall–Kier alpha value is -2.07. The van der Waals surface area contributed by atoms with E-state index in [1.54, 1.807) is 31.2 Å². The summed E-state index contributed by atoms with van der Waals surface area (Å²) >= 11 is 1.31. The molecule has 0 spiro atoms. The number of benzene rings is 1. The number of sulfone groups is 1. The Kier molecular flexibility index (Phi) is 5.48. The minimum Gasteiger partial charge on any atom is -0.397 e. The molecule has 0 aliphatic carbocycles. The summed E-state index contributed by atoms with van der Waals surface area (Å²) in [6, 6.07) is 6.63. The molecule has 0 saturated carbocycles. The van der Waals surface area contributed by atoms with E-state index in [1.165, 1.54) is 11.3 Å². The first-order chi connectivity index (χ1) is 12.7. The zero-order valence-corrected chi connectivity index (χ0v) is 17.0. The molecule has 0 saturated heterocycles. The van der Waals surface area contributed by atoms with Crippen LogP contribution in [-0.4, -0.2) is 29.5 Å². The van der Waals surface area contributed by atoms with Crippen molar-refractivity contribution < 1.29 is 13.5 Å². The number of hydrogen-bond acceptors (Lipinski definition) is 8. The molecule has 3 rings (SSSR count). The fraction of sp³-hybridized carbons (Fsp3) is 0.333. The molecule has 1 atom stereocenters. The Morgan fingerprint density at radius 2 is 1.89 bits per heavy atom. The van der Waals surface area contributed by atoms with Crippen LogP contribution in [0.15, 0.2) is 29.2 Å². The van der Waals surface area contributed by atoms with Crippen LogP contribution in [0.25, 0.3) is 10.2 Å². The number of aliphatic hydroxyl groups is 1. The van der Waals surface area contributed by atoms with Gasteiger partial charge in [0.15, 0.2) is 9.84 Å². The molecule has 0 radical (unpaired) electrons. The fourth-order valence-electron chi connectivity index (χ4n) is 2.75. The van der Waals surface area contributed by atoms with Crippen LogP contribution in [0, 0.1) is 13.8 Å². The van der Waals surface area contributed by atoms with Gasteiger partial charge in [0.25, 0.3) is 0 Å². The predicted octanol–water partition coefficient (Wildman–Crippen LogP) is 2.46. The van der Waals surface area contributed by atoms with E-state index >= 15 is 0 Å². The standard InChI is InChI=1S/C18H22N4O3S2/c1-4-27(24,25)13-7-5-12(6-8-13)9-20-17(23)16-15(19)14-10(2)11(3)21-22-18(14)26-16/h5-8,17,20,23H,4,9,19H2,1-3H3. The second kappa shape index (κ2) is 7.51. The van der Waals surface area contributed by atoms with Crippen LogP contribution in [0.1, 0.15) is 34.8 Å². The summed E-state index contributed by atoms with van der Waals surface area (Å²) in [6.07, 6.45) is -0.956. The number of nitrogen functional groups attached to an aromatic ring is 1. The van der Waals surface area contributed by atoms with E-state index in [0.29, 0.717) is 26.8 Å². The highest BCUT2D eigenvalue weighted by molar-refractivity contribution is 7.91. The lowest BCUT2D eigenvalue weighted by molar-refractivity contribution is 0.141. The molecule has 1 aromatic carbocycles. The molecule has 0 bridgehead atoms. The van der Waals surface area contributed by atoms with Gasteiger partial charge in [-0.3, -0.25) is 5.32 Å². The summed E-state index contributed by atoms with van der Waals surface area (Å²) in [4.78, 5) is 1.59. The van der Waals surface area contributed by atoms with Crippen molar-refractivity contribution in [3.8, 4) is 0 Å². The quantitative estimate of drug-likeness (QED) is 0.538. The summed E-state index contributed by atoms with van der Waals surface area (Å²) in [5.74, 6) is 0.0658. The summed E-state index contributed by atoms with van der Waals surface area (Å²) in [5, 5.41) is 22.6. The van der Waals surface area contributed by atoms with Crippen LogP contribution >= 0.6 is 11.3 Å². The van der Waals surface area contributed by atoms with E-state index in [9.17, 15) is 13.5 Å². The number of fused-ring (bicyclic) bond motifs is 1. The van der Waals surface area contributed by atoms with E-state index in [1.807, 2.05) is 13.8 Å². The van der Waals surface area contributed by atoms with Crippen molar-refractivity contribution in [2.24, 2.45) is 0 Å². The van der Waals surface area contributed by atoms with Crippen molar-refractivity contribution in [3.05, 3.63) is 46.0 Å². The predicted molar refractivity (Wildman–Crippen MR) is 107 cm³/mol. The zero-order valence-electron chi connectivity index (χ0n) is 15.4. The first-order valence-corrected chi connectivity index (χ1v) is 11.0. The monoisotopic (exact) mass is 406 g/mol. The van der Waals surface area contributed by atoms with E-state index in [0.717, 1.165) is 22.2 Å². The second-order valence-electron chi connectivity index (χ2n) is 6.30. The molecule has 3 aromatic rings. The average Bonchev–Trinajstić information content (AvgIpc) is 3.00. The van der Waals surface area contributed by atoms with E-state index in [-0.39, 0.29) is 5.75 Å². The van der Waals surface area contributed by atoms with Gasteiger partial charge in [-0.05, 0) is 37.1 Å². The third-order valence-electron chi connectivity index (χ3n) is 4.57. The molecule has 2 aromatic heterocycles. The lowest BCUT2D eigenvalue weighted by Gasteiger charge is -2.12. The molecule has 0 fully saturated rings. The number of hydrogen-bond donors (Lipinski definition) is 3. The fourth-order valence-corrected chi connectivity index (χ4v) is 4.70. The molecule has 144 valence electrons. The van der Waals surface area contributed by atoms with Gasteiger partial charge in [0.1, 0.15) is 11.1 Å². The Bertz CT molecular complexity index is 1080. The van der Waals surface area contributed by atoms with Gasteiger partial charge in [0.05, 0.1) is 26.9 Å². The largest absolute Gasteiger partial charge is 0.397 e. The maximum atomic E-state index is 11.9. The molecule has 27 heavy (non-hydrogen) atoms. The van der Waals surface area contributed by atoms with Crippen LogP contribution in [0.4, 0.5) is 5.69 Å². The average molecular weight is 407 g/mol. The summed E-state index contributed by atoms with van der Waals surface area (Å²) < 4.78 is 23.7. The van der Waals surface area contributed by atoms with Gasteiger partial charge in [-0.2, -0.15) is 5.10 Å². The number of aliphatic hydroxyl groups excluding tert-OH is 1. The lowest BCUT2D eigenvalue weighted by atomic mass is 10.1. The molecule has 1 unspecified atom stereocenters. The van der Waals surface area contributed by atoms with E-state index in [2.05, 4.69) is 15.5 Å². The van der Waals surface area contributed by atoms with Gasteiger partial charge in [0, 0.05) is 11.9 Å². The molecule has 0 amide bonds. The van der Waals surface area contributed by atoms with Crippen LogP contribution < -0.4 is 11.1 Å². The van der Waals surface area contributed by atoms with Crippen molar-refractivity contribution in [2.75, 3.05) is 11.5 Å². The van der Waals surface area contributed by atoms with Crippen LogP contribution in [0.3, 0.4) is 0 Å². The van der Waals surface area contributed by atoms with Crippen molar-refractivity contribution >= 4 is 37.1 Å². The van der Waals surface area contributed by atoms with Gasteiger partial charge in [0.2, 0.25) is 0 Å². The third kappa shape index (κ3) is 3.81. The number of nitrogens with zero attached hydrogens (tertiary/aromatic N) is 2. The molecule has 2 heterocycles. The first kappa shape index (κ1) is 19.7. The maximum absolute atomic E-state index is 11.9. The third-order valence-corrected chi connectivity index (χ3v) is 7.47. The Morgan fingerprint density at radius 1 is 1.22 bits per heavy atom. The Balaban J connectivity index is 1.77. The molecule has 0 aliphatic heterocycles. The number of rotatable bonds is 6. The van der Waals surface area contributed by atoms with Gasteiger partial charge in [-0.25, -0.2) is 8.42 Å². The second-order valence-corrected chi connectivity index (χ2v) is 9.61. The van der Waals surface area contributed by atoms with Gasteiger partial charge >= 0.3 is 0 Å². The minimum absolute atomic E-state index is 0.0658. The molecule has 9 heteroatoms. The topological polar surface area (TPSA) is 118 Å². The number of nitrogens with one attached hydrogen (secondary N) is 1. The molecule has 4 N–H and O–H groups in total. The normalized spacial score (nSPS) is 13.2.